The molecule has 1 nitrogen and oxygen atoms in total. The highest BCUT2D eigenvalue weighted by molar-refractivity contribution is 4.88. The van der Waals surface area contributed by atoms with Crippen molar-refractivity contribution in [1.29, 1.82) is 0 Å². The van der Waals surface area contributed by atoms with E-state index in [1.54, 1.807) is 0 Å². The average molecular weight is 128 g/mol. The van der Waals surface area contributed by atoms with Gasteiger partial charge in [0.1, 0.15) is 0 Å². The molecule has 0 bridgehead atoms. The molecule has 0 aliphatic heterocycles. The van der Waals surface area contributed by atoms with Crippen molar-refractivity contribution >= 4 is 0 Å². The van der Waals surface area contributed by atoms with Crippen molar-refractivity contribution in [1.82, 2.24) is 0 Å². The Kier molecular flexibility index (Phi) is 2.12. The van der Waals surface area contributed by atoms with E-state index in [0.717, 1.165) is 5.92 Å². The molecular formula is C8H16O. The molecule has 3 atom stereocenters. The van der Waals surface area contributed by atoms with Gasteiger partial charge in [-0.05, 0) is 25.2 Å². The Balaban J connectivity index is 2.09. The molecule has 1 aliphatic rings. The van der Waals surface area contributed by atoms with Crippen molar-refractivity contribution in [2.24, 2.45) is 11.8 Å². The molecule has 0 aromatic heterocycles. The molecule has 0 heterocycles. The lowest BCUT2D eigenvalue weighted by Crippen LogP contribution is -2.03. The summed E-state index contributed by atoms with van der Waals surface area (Å²) in [5.41, 5.74) is 0. The molecule has 1 fully saturated rings. The van der Waals surface area contributed by atoms with Gasteiger partial charge in [-0.3, -0.25) is 0 Å². The predicted octanol–water partition coefficient (Wildman–Crippen LogP) is 1.80. The van der Waals surface area contributed by atoms with Crippen molar-refractivity contribution in [2.45, 2.75) is 39.2 Å². The molecular weight excluding hydrogens is 112 g/mol. The van der Waals surface area contributed by atoms with Crippen LogP contribution in [0.2, 0.25) is 0 Å². The molecule has 1 aliphatic carbocycles. The van der Waals surface area contributed by atoms with Gasteiger partial charge >= 0.3 is 0 Å². The van der Waals surface area contributed by atoms with E-state index in [4.69, 9.17) is 5.11 Å². The summed E-state index contributed by atoms with van der Waals surface area (Å²) in [6.07, 6.45) is 3.80. The molecule has 9 heavy (non-hydrogen) atoms. The minimum absolute atomic E-state index is 0.0541. The maximum absolute atomic E-state index is 9.09. The normalized spacial score (nSPS) is 36.3. The van der Waals surface area contributed by atoms with Crippen LogP contribution >= 0.6 is 0 Å². The maximum atomic E-state index is 9.09. The Morgan fingerprint density at radius 2 is 2.33 bits per heavy atom. The second kappa shape index (κ2) is 2.70. The van der Waals surface area contributed by atoms with Gasteiger partial charge in [-0.2, -0.15) is 0 Å². The zero-order chi connectivity index (χ0) is 6.85. The van der Waals surface area contributed by atoms with Crippen molar-refractivity contribution < 1.29 is 5.11 Å². The van der Waals surface area contributed by atoms with Crippen LogP contribution in [0.25, 0.3) is 0 Å². The molecule has 1 rings (SSSR count). The lowest BCUT2D eigenvalue weighted by molar-refractivity contribution is 0.163. The maximum Gasteiger partial charge on any atom is 0.0543 e. The highest BCUT2D eigenvalue weighted by Crippen LogP contribution is 2.44. The number of aliphatic hydroxyl groups is 1. The van der Waals surface area contributed by atoms with Crippen LogP contribution in [0, 0.1) is 11.8 Å². The van der Waals surface area contributed by atoms with E-state index in [0.29, 0.717) is 5.92 Å². The van der Waals surface area contributed by atoms with E-state index in [9.17, 15) is 0 Å². The number of aliphatic hydroxyl groups excluding tert-OH is 1. The van der Waals surface area contributed by atoms with Crippen LogP contribution in [0.3, 0.4) is 0 Å². The highest BCUT2D eigenvalue weighted by atomic mass is 16.3. The number of hydrogen-bond acceptors (Lipinski definition) is 1. The minimum Gasteiger partial charge on any atom is -0.393 e. The molecule has 0 saturated heterocycles. The van der Waals surface area contributed by atoms with Gasteiger partial charge in [0.25, 0.3) is 0 Å². The van der Waals surface area contributed by atoms with Gasteiger partial charge in [-0.15, -0.1) is 0 Å². The van der Waals surface area contributed by atoms with Gasteiger partial charge in [0.2, 0.25) is 0 Å². The monoisotopic (exact) mass is 128 g/mol. The fourth-order valence-electron chi connectivity index (χ4n) is 1.56. The highest BCUT2D eigenvalue weighted by Gasteiger charge is 2.38. The van der Waals surface area contributed by atoms with E-state index in [2.05, 4.69) is 6.92 Å². The van der Waals surface area contributed by atoms with Crippen molar-refractivity contribution in [3.63, 3.8) is 0 Å². The summed E-state index contributed by atoms with van der Waals surface area (Å²) in [5.74, 6) is 1.50. The molecule has 0 amide bonds. The lowest BCUT2D eigenvalue weighted by atomic mass is 10.1. The van der Waals surface area contributed by atoms with E-state index < -0.39 is 0 Å². The molecule has 0 aromatic rings. The van der Waals surface area contributed by atoms with E-state index in [1.165, 1.54) is 19.3 Å². The third-order valence-corrected chi connectivity index (χ3v) is 2.26. The molecule has 0 aromatic carbocycles. The van der Waals surface area contributed by atoms with Crippen LogP contribution < -0.4 is 0 Å². The smallest absolute Gasteiger partial charge is 0.0543 e. The summed E-state index contributed by atoms with van der Waals surface area (Å²) in [4.78, 5) is 0. The Morgan fingerprint density at radius 3 is 2.67 bits per heavy atom. The van der Waals surface area contributed by atoms with E-state index in [1.807, 2.05) is 6.92 Å². The van der Waals surface area contributed by atoms with Gasteiger partial charge in [0.05, 0.1) is 6.10 Å². The van der Waals surface area contributed by atoms with Crippen LogP contribution in [0.4, 0.5) is 0 Å². The van der Waals surface area contributed by atoms with Crippen LogP contribution in [-0.4, -0.2) is 11.2 Å². The third-order valence-electron chi connectivity index (χ3n) is 2.26. The standard InChI is InChI=1S/C8H16O/c1-3-4-7-5-8(7)6(2)9/h6-9H,3-5H2,1-2H3/t6-,7-,8+/m0/s1. The first-order chi connectivity index (χ1) is 4.25. The quantitative estimate of drug-likeness (QED) is 0.614. The number of hydrogen-bond donors (Lipinski definition) is 1. The van der Waals surface area contributed by atoms with Gasteiger partial charge in [0, 0.05) is 0 Å². The lowest BCUT2D eigenvalue weighted by Gasteiger charge is -1.99. The van der Waals surface area contributed by atoms with Crippen molar-refractivity contribution in [3.05, 3.63) is 0 Å². The molecule has 54 valence electrons. The molecule has 0 unspecified atom stereocenters. The van der Waals surface area contributed by atoms with Crippen LogP contribution in [0.1, 0.15) is 33.1 Å². The summed E-state index contributed by atoms with van der Waals surface area (Å²) in [5, 5.41) is 9.09. The van der Waals surface area contributed by atoms with Gasteiger partial charge in [-0.25, -0.2) is 0 Å². The molecule has 0 radical (unpaired) electrons. The van der Waals surface area contributed by atoms with E-state index in [-0.39, 0.29) is 6.10 Å². The van der Waals surface area contributed by atoms with Crippen molar-refractivity contribution in [3.8, 4) is 0 Å². The Hall–Kier alpha value is -0.0400. The van der Waals surface area contributed by atoms with Gasteiger partial charge in [0.15, 0.2) is 0 Å². The summed E-state index contributed by atoms with van der Waals surface area (Å²) in [7, 11) is 0. The molecule has 1 N–H and O–H groups in total. The SMILES string of the molecule is CCC[C@H]1C[C@@H]1[C@H](C)O. The van der Waals surface area contributed by atoms with Crippen LogP contribution in [0.5, 0.6) is 0 Å². The van der Waals surface area contributed by atoms with Crippen molar-refractivity contribution in [2.75, 3.05) is 0 Å². The summed E-state index contributed by atoms with van der Waals surface area (Å²) >= 11 is 0. The van der Waals surface area contributed by atoms with Crippen LogP contribution in [-0.2, 0) is 0 Å². The zero-order valence-electron chi connectivity index (χ0n) is 6.30. The first kappa shape index (κ1) is 7.07. The fourth-order valence-corrected chi connectivity index (χ4v) is 1.56. The predicted molar refractivity (Wildman–Crippen MR) is 38.2 cm³/mol. The number of rotatable bonds is 3. The molecule has 1 heteroatoms. The summed E-state index contributed by atoms with van der Waals surface area (Å²) in [6.45, 7) is 4.11. The molecule has 0 spiro atoms. The largest absolute Gasteiger partial charge is 0.393 e. The third kappa shape index (κ3) is 1.68. The first-order valence-electron chi connectivity index (χ1n) is 3.93. The minimum atomic E-state index is -0.0541. The molecule has 1 saturated carbocycles. The van der Waals surface area contributed by atoms with Gasteiger partial charge < -0.3 is 5.11 Å². The summed E-state index contributed by atoms with van der Waals surface area (Å²) in [6, 6.07) is 0. The Bertz CT molecular complexity index is 88.6. The topological polar surface area (TPSA) is 20.2 Å². The van der Waals surface area contributed by atoms with Crippen LogP contribution in [0.15, 0.2) is 0 Å². The Morgan fingerprint density at radius 1 is 1.67 bits per heavy atom. The second-order valence-electron chi connectivity index (χ2n) is 3.19. The fraction of sp³-hybridized carbons (Fsp3) is 1.00. The first-order valence-corrected chi connectivity index (χ1v) is 3.93. The van der Waals surface area contributed by atoms with Gasteiger partial charge in [-0.1, -0.05) is 19.8 Å². The average Bonchev–Trinajstić information content (AvgIpc) is 2.47. The Labute approximate surface area is 57.1 Å². The van der Waals surface area contributed by atoms with E-state index >= 15 is 0 Å². The summed E-state index contributed by atoms with van der Waals surface area (Å²) < 4.78 is 0. The zero-order valence-corrected chi connectivity index (χ0v) is 6.30. The second-order valence-corrected chi connectivity index (χ2v) is 3.19.